The van der Waals surface area contributed by atoms with Crippen LogP contribution in [0.2, 0.25) is 0 Å². The highest BCUT2D eigenvalue weighted by Crippen LogP contribution is 2.48. The molecular formula is C12H20O. The van der Waals surface area contributed by atoms with Crippen LogP contribution in [-0.2, 0) is 0 Å². The van der Waals surface area contributed by atoms with Gasteiger partial charge in [-0.3, -0.25) is 0 Å². The molecule has 1 fully saturated rings. The molecule has 1 saturated carbocycles. The Labute approximate surface area is 81.5 Å². The average Bonchev–Trinajstić information content (AvgIpc) is 2.03. The van der Waals surface area contributed by atoms with Crippen LogP contribution in [0.5, 0.6) is 0 Å². The second-order valence-electron chi connectivity index (χ2n) is 4.24. The molecule has 0 bridgehead atoms. The molecule has 0 spiro atoms. The third-order valence-electron chi connectivity index (χ3n) is 3.40. The van der Waals surface area contributed by atoms with E-state index >= 15 is 0 Å². The van der Waals surface area contributed by atoms with Crippen LogP contribution < -0.4 is 0 Å². The number of terminal acetylenes is 1. The monoisotopic (exact) mass is 180 g/mol. The Balaban J connectivity index is 2.44. The van der Waals surface area contributed by atoms with Crippen molar-refractivity contribution in [2.24, 2.45) is 5.41 Å². The Hall–Kier alpha value is -0.480. The molecule has 1 N–H and O–H groups in total. The third kappa shape index (κ3) is 2.25. The van der Waals surface area contributed by atoms with Gasteiger partial charge in [0.1, 0.15) is 0 Å². The minimum Gasteiger partial charge on any atom is -0.392 e. The molecular weight excluding hydrogens is 160 g/mol. The van der Waals surface area contributed by atoms with Crippen LogP contribution in [0, 0.1) is 17.8 Å². The Morgan fingerprint density at radius 3 is 2.62 bits per heavy atom. The van der Waals surface area contributed by atoms with Crippen molar-refractivity contribution < 1.29 is 5.11 Å². The first-order valence-corrected chi connectivity index (χ1v) is 5.37. The molecule has 1 rings (SSSR count). The lowest BCUT2D eigenvalue weighted by Crippen LogP contribution is -2.41. The third-order valence-corrected chi connectivity index (χ3v) is 3.40. The lowest BCUT2D eigenvalue weighted by Gasteiger charge is -2.45. The fourth-order valence-corrected chi connectivity index (χ4v) is 2.24. The summed E-state index contributed by atoms with van der Waals surface area (Å²) in [6.07, 6.45) is 12.7. The molecule has 1 heteroatoms. The van der Waals surface area contributed by atoms with Gasteiger partial charge in [0.25, 0.3) is 0 Å². The van der Waals surface area contributed by atoms with Crippen LogP contribution in [0.4, 0.5) is 0 Å². The van der Waals surface area contributed by atoms with Gasteiger partial charge in [-0.25, -0.2) is 0 Å². The van der Waals surface area contributed by atoms with Gasteiger partial charge in [0.15, 0.2) is 0 Å². The van der Waals surface area contributed by atoms with E-state index in [1.807, 2.05) is 0 Å². The predicted molar refractivity (Wildman–Crippen MR) is 55.3 cm³/mol. The molecule has 0 heterocycles. The molecule has 0 aromatic rings. The number of rotatable bonds is 5. The number of hydrogen-bond donors (Lipinski definition) is 1. The van der Waals surface area contributed by atoms with Gasteiger partial charge in [-0.15, -0.1) is 12.3 Å². The number of hydrogen-bond acceptors (Lipinski definition) is 1. The molecule has 1 aliphatic rings. The van der Waals surface area contributed by atoms with Crippen molar-refractivity contribution in [1.29, 1.82) is 0 Å². The van der Waals surface area contributed by atoms with Gasteiger partial charge in [0.05, 0.1) is 6.10 Å². The van der Waals surface area contributed by atoms with E-state index < -0.39 is 0 Å². The quantitative estimate of drug-likeness (QED) is 0.645. The molecule has 0 aromatic heterocycles. The minimum atomic E-state index is -0.252. The van der Waals surface area contributed by atoms with Crippen molar-refractivity contribution >= 4 is 0 Å². The molecule has 74 valence electrons. The maximum absolute atomic E-state index is 9.90. The van der Waals surface area contributed by atoms with Crippen LogP contribution in [0.15, 0.2) is 0 Å². The summed E-state index contributed by atoms with van der Waals surface area (Å²) < 4.78 is 0. The average molecular weight is 180 g/mol. The highest BCUT2D eigenvalue weighted by molar-refractivity contribution is 4.99. The summed E-state index contributed by atoms with van der Waals surface area (Å²) in [6.45, 7) is 2.19. The van der Waals surface area contributed by atoms with E-state index in [0.717, 1.165) is 6.42 Å². The van der Waals surface area contributed by atoms with E-state index in [1.165, 1.54) is 32.1 Å². The largest absolute Gasteiger partial charge is 0.392 e. The predicted octanol–water partition coefficient (Wildman–Crippen LogP) is 2.73. The van der Waals surface area contributed by atoms with Crippen LogP contribution in [-0.4, -0.2) is 11.2 Å². The van der Waals surface area contributed by atoms with E-state index in [2.05, 4.69) is 12.8 Å². The summed E-state index contributed by atoms with van der Waals surface area (Å²) in [5.41, 5.74) is 0.197. The smallest absolute Gasteiger partial charge is 0.0705 e. The van der Waals surface area contributed by atoms with E-state index in [9.17, 15) is 5.11 Å². The second kappa shape index (κ2) is 4.67. The van der Waals surface area contributed by atoms with Gasteiger partial charge in [0, 0.05) is 6.42 Å². The fourth-order valence-electron chi connectivity index (χ4n) is 2.24. The zero-order valence-electron chi connectivity index (χ0n) is 8.55. The first-order chi connectivity index (χ1) is 6.25. The normalized spacial score (nSPS) is 21.6. The van der Waals surface area contributed by atoms with E-state index in [-0.39, 0.29) is 11.5 Å². The number of aliphatic hydroxyl groups is 1. The summed E-state index contributed by atoms with van der Waals surface area (Å²) in [5.74, 6) is 2.57. The zero-order valence-corrected chi connectivity index (χ0v) is 8.55. The van der Waals surface area contributed by atoms with E-state index in [1.54, 1.807) is 0 Å². The van der Waals surface area contributed by atoms with E-state index in [4.69, 9.17) is 6.42 Å². The Kier molecular flexibility index (Phi) is 3.81. The Bertz CT molecular complexity index is 186. The molecule has 1 unspecified atom stereocenters. The van der Waals surface area contributed by atoms with Crippen molar-refractivity contribution in [2.45, 2.75) is 58.0 Å². The van der Waals surface area contributed by atoms with Crippen LogP contribution in [0.25, 0.3) is 0 Å². The second-order valence-corrected chi connectivity index (χ2v) is 4.24. The molecule has 0 aromatic carbocycles. The van der Waals surface area contributed by atoms with Crippen molar-refractivity contribution in [1.82, 2.24) is 0 Å². The van der Waals surface area contributed by atoms with Gasteiger partial charge >= 0.3 is 0 Å². The lowest BCUT2D eigenvalue weighted by atomic mass is 9.62. The standard InChI is InChI=1S/C12H20O/c1-3-5-8-12(9-6-10-12)11(13)7-4-2/h2,11,13H,3,5-10H2,1H3. The zero-order chi connectivity index (χ0) is 9.73. The fraction of sp³-hybridized carbons (Fsp3) is 0.833. The van der Waals surface area contributed by atoms with Crippen LogP contribution in [0.1, 0.15) is 51.9 Å². The maximum Gasteiger partial charge on any atom is 0.0705 e. The highest BCUT2D eigenvalue weighted by Gasteiger charge is 2.41. The molecule has 0 amide bonds. The molecule has 0 aliphatic heterocycles. The minimum absolute atomic E-state index is 0.197. The van der Waals surface area contributed by atoms with E-state index in [0.29, 0.717) is 6.42 Å². The van der Waals surface area contributed by atoms with Crippen LogP contribution in [0.3, 0.4) is 0 Å². The van der Waals surface area contributed by atoms with Crippen molar-refractivity contribution in [3.05, 3.63) is 0 Å². The molecule has 13 heavy (non-hydrogen) atoms. The number of aliphatic hydroxyl groups excluding tert-OH is 1. The summed E-state index contributed by atoms with van der Waals surface area (Å²) >= 11 is 0. The molecule has 1 atom stereocenters. The van der Waals surface area contributed by atoms with Crippen molar-refractivity contribution in [3.63, 3.8) is 0 Å². The van der Waals surface area contributed by atoms with Crippen LogP contribution >= 0.6 is 0 Å². The van der Waals surface area contributed by atoms with Gasteiger partial charge in [-0.05, 0) is 24.7 Å². The van der Waals surface area contributed by atoms with Crippen molar-refractivity contribution in [3.8, 4) is 12.3 Å². The van der Waals surface area contributed by atoms with Gasteiger partial charge in [0.2, 0.25) is 0 Å². The highest BCUT2D eigenvalue weighted by atomic mass is 16.3. The summed E-state index contributed by atoms with van der Waals surface area (Å²) in [5, 5.41) is 9.90. The Morgan fingerprint density at radius 1 is 1.54 bits per heavy atom. The molecule has 1 nitrogen and oxygen atoms in total. The molecule has 0 saturated heterocycles. The summed E-state index contributed by atoms with van der Waals surface area (Å²) in [7, 11) is 0. The maximum atomic E-state index is 9.90. The van der Waals surface area contributed by atoms with Gasteiger partial charge in [-0.2, -0.15) is 0 Å². The molecule has 0 radical (unpaired) electrons. The molecule has 1 aliphatic carbocycles. The topological polar surface area (TPSA) is 20.2 Å². The lowest BCUT2D eigenvalue weighted by molar-refractivity contribution is -0.0392. The SMILES string of the molecule is C#CCC(O)C1(CCCC)CCC1. The summed E-state index contributed by atoms with van der Waals surface area (Å²) in [6, 6.07) is 0. The van der Waals surface area contributed by atoms with Gasteiger partial charge < -0.3 is 5.11 Å². The van der Waals surface area contributed by atoms with Crippen molar-refractivity contribution in [2.75, 3.05) is 0 Å². The summed E-state index contributed by atoms with van der Waals surface area (Å²) in [4.78, 5) is 0. The number of unbranched alkanes of at least 4 members (excludes halogenated alkanes) is 1. The first kappa shape index (κ1) is 10.6. The first-order valence-electron chi connectivity index (χ1n) is 5.37. The van der Waals surface area contributed by atoms with Gasteiger partial charge in [-0.1, -0.05) is 26.2 Å². The Morgan fingerprint density at radius 2 is 2.23 bits per heavy atom.